The van der Waals surface area contributed by atoms with Gasteiger partial charge >= 0.3 is 0 Å². The molecule has 1 heteroatoms. The molecule has 0 spiro atoms. The lowest BCUT2D eigenvalue weighted by Crippen LogP contribution is -1.95. The zero-order chi connectivity index (χ0) is 11.1. The second-order valence-corrected chi connectivity index (χ2v) is 3.81. The zero-order valence-electron chi connectivity index (χ0n) is 9.49. The van der Waals surface area contributed by atoms with E-state index in [1.54, 1.807) is 6.92 Å². The number of carbonyl (C=O) groups is 1. The number of unbranched alkanes of at least 4 members (excludes halogenated alkanes) is 1. The molecule has 0 unspecified atom stereocenters. The third kappa shape index (κ3) is 4.59. The minimum absolute atomic E-state index is 0.213. The lowest BCUT2D eigenvalue weighted by atomic mass is 10.1. The number of ketones is 1. The van der Waals surface area contributed by atoms with Gasteiger partial charge in [-0.05, 0) is 24.5 Å². The summed E-state index contributed by atoms with van der Waals surface area (Å²) in [5.74, 6) is 0.213. The van der Waals surface area contributed by atoms with Crippen LogP contribution in [0.1, 0.15) is 37.8 Å². The molecule has 1 nitrogen and oxygen atoms in total. The van der Waals surface area contributed by atoms with E-state index < -0.39 is 0 Å². The summed E-state index contributed by atoms with van der Waals surface area (Å²) in [6.07, 6.45) is 7.11. The maximum absolute atomic E-state index is 11.0. The molecular weight excluding hydrogens is 184 g/mol. The molecule has 0 aliphatic rings. The number of hydrogen-bond acceptors (Lipinski definition) is 1. The summed E-state index contributed by atoms with van der Waals surface area (Å²) >= 11 is 0. The SMILES string of the molecule is CCC/C=C/c1cccc(CC(C)=O)c1. The molecule has 0 aromatic heterocycles. The van der Waals surface area contributed by atoms with Crippen LogP contribution < -0.4 is 0 Å². The van der Waals surface area contributed by atoms with Crippen LogP contribution in [0.4, 0.5) is 0 Å². The molecule has 1 rings (SSSR count). The van der Waals surface area contributed by atoms with Gasteiger partial charge in [-0.2, -0.15) is 0 Å². The van der Waals surface area contributed by atoms with E-state index in [9.17, 15) is 4.79 Å². The molecule has 0 saturated heterocycles. The van der Waals surface area contributed by atoms with Crippen molar-refractivity contribution in [1.82, 2.24) is 0 Å². The highest BCUT2D eigenvalue weighted by Gasteiger charge is 1.97. The highest BCUT2D eigenvalue weighted by molar-refractivity contribution is 5.78. The maximum Gasteiger partial charge on any atom is 0.134 e. The number of hydrogen-bond donors (Lipinski definition) is 0. The van der Waals surface area contributed by atoms with E-state index in [1.807, 2.05) is 12.1 Å². The summed E-state index contributed by atoms with van der Waals surface area (Å²) in [5.41, 5.74) is 2.28. The van der Waals surface area contributed by atoms with Gasteiger partial charge in [-0.3, -0.25) is 4.79 Å². The van der Waals surface area contributed by atoms with Crippen LogP contribution in [0.25, 0.3) is 6.08 Å². The van der Waals surface area contributed by atoms with Crippen LogP contribution in [0.15, 0.2) is 30.3 Å². The lowest BCUT2D eigenvalue weighted by molar-refractivity contribution is -0.116. The van der Waals surface area contributed by atoms with Gasteiger partial charge in [0.1, 0.15) is 5.78 Å². The van der Waals surface area contributed by atoms with E-state index in [1.165, 1.54) is 12.0 Å². The molecule has 0 atom stereocenters. The van der Waals surface area contributed by atoms with Gasteiger partial charge in [-0.15, -0.1) is 0 Å². The predicted octanol–water partition coefficient (Wildman–Crippen LogP) is 3.63. The van der Waals surface area contributed by atoms with Crippen molar-refractivity contribution < 1.29 is 4.79 Å². The van der Waals surface area contributed by atoms with Crippen LogP contribution in [-0.2, 0) is 11.2 Å². The molecule has 0 radical (unpaired) electrons. The van der Waals surface area contributed by atoms with E-state index in [4.69, 9.17) is 0 Å². The van der Waals surface area contributed by atoms with Crippen LogP contribution in [0.5, 0.6) is 0 Å². The Morgan fingerprint density at radius 2 is 2.20 bits per heavy atom. The summed E-state index contributed by atoms with van der Waals surface area (Å²) in [6.45, 7) is 3.79. The minimum Gasteiger partial charge on any atom is -0.300 e. The Balaban J connectivity index is 2.69. The zero-order valence-corrected chi connectivity index (χ0v) is 9.49. The molecule has 0 heterocycles. The van der Waals surface area contributed by atoms with Crippen molar-refractivity contribution >= 4 is 11.9 Å². The molecule has 0 amide bonds. The summed E-state index contributed by atoms with van der Waals surface area (Å²) in [6, 6.07) is 8.14. The van der Waals surface area contributed by atoms with Gasteiger partial charge in [0.25, 0.3) is 0 Å². The monoisotopic (exact) mass is 202 g/mol. The summed E-state index contributed by atoms with van der Waals surface area (Å²) < 4.78 is 0. The Labute approximate surface area is 91.8 Å². The number of Topliss-reactive ketones (excluding diaryl/α,β-unsaturated/α-hetero) is 1. The normalized spacial score (nSPS) is 10.8. The van der Waals surface area contributed by atoms with Crippen LogP contribution in [-0.4, -0.2) is 5.78 Å². The Kier molecular flexibility index (Phi) is 4.82. The first kappa shape index (κ1) is 11.7. The van der Waals surface area contributed by atoms with Crippen molar-refractivity contribution in [3.8, 4) is 0 Å². The van der Waals surface area contributed by atoms with E-state index in [2.05, 4.69) is 31.2 Å². The first-order chi connectivity index (χ1) is 7.22. The average molecular weight is 202 g/mol. The van der Waals surface area contributed by atoms with Crippen molar-refractivity contribution in [3.63, 3.8) is 0 Å². The maximum atomic E-state index is 11.0. The summed E-state index contributed by atoms with van der Waals surface area (Å²) in [7, 11) is 0. The summed E-state index contributed by atoms with van der Waals surface area (Å²) in [4.78, 5) is 11.0. The van der Waals surface area contributed by atoms with Crippen molar-refractivity contribution in [2.75, 3.05) is 0 Å². The highest BCUT2D eigenvalue weighted by Crippen LogP contribution is 2.09. The number of carbonyl (C=O) groups excluding carboxylic acids is 1. The molecule has 1 aromatic carbocycles. The second kappa shape index (κ2) is 6.18. The molecular formula is C14H18O. The van der Waals surface area contributed by atoms with E-state index >= 15 is 0 Å². The molecule has 0 saturated carbocycles. The Morgan fingerprint density at radius 3 is 2.87 bits per heavy atom. The van der Waals surface area contributed by atoms with Crippen LogP contribution >= 0.6 is 0 Å². The van der Waals surface area contributed by atoms with Gasteiger partial charge < -0.3 is 0 Å². The standard InChI is InChI=1S/C14H18O/c1-3-4-5-7-13-8-6-9-14(11-13)10-12(2)15/h5-9,11H,3-4,10H2,1-2H3/b7-5+. The van der Waals surface area contributed by atoms with Gasteiger partial charge in [0.2, 0.25) is 0 Å². The van der Waals surface area contributed by atoms with Crippen LogP contribution in [0.3, 0.4) is 0 Å². The number of allylic oxidation sites excluding steroid dienone is 1. The fourth-order valence-corrected chi connectivity index (χ4v) is 1.48. The molecule has 80 valence electrons. The minimum atomic E-state index is 0.213. The van der Waals surface area contributed by atoms with Crippen LogP contribution in [0.2, 0.25) is 0 Å². The van der Waals surface area contributed by atoms with Crippen molar-refractivity contribution in [2.45, 2.75) is 33.1 Å². The van der Waals surface area contributed by atoms with E-state index in [-0.39, 0.29) is 5.78 Å². The quantitative estimate of drug-likeness (QED) is 0.712. The van der Waals surface area contributed by atoms with Gasteiger partial charge in [-0.1, -0.05) is 49.8 Å². The topological polar surface area (TPSA) is 17.1 Å². The van der Waals surface area contributed by atoms with Crippen LogP contribution in [0, 0.1) is 0 Å². The first-order valence-electron chi connectivity index (χ1n) is 5.47. The molecule has 15 heavy (non-hydrogen) atoms. The lowest BCUT2D eigenvalue weighted by Gasteiger charge is -1.99. The Bertz CT molecular complexity index is 350. The first-order valence-corrected chi connectivity index (χ1v) is 5.47. The molecule has 0 fully saturated rings. The van der Waals surface area contributed by atoms with Gasteiger partial charge in [0.05, 0.1) is 0 Å². The number of benzene rings is 1. The van der Waals surface area contributed by atoms with Gasteiger partial charge in [-0.25, -0.2) is 0 Å². The molecule has 0 aliphatic heterocycles. The van der Waals surface area contributed by atoms with E-state index in [0.717, 1.165) is 12.0 Å². The third-order valence-electron chi connectivity index (χ3n) is 2.17. The molecule has 0 bridgehead atoms. The van der Waals surface area contributed by atoms with E-state index in [0.29, 0.717) is 6.42 Å². The van der Waals surface area contributed by atoms with Gasteiger partial charge in [0, 0.05) is 6.42 Å². The second-order valence-electron chi connectivity index (χ2n) is 3.81. The molecule has 1 aromatic rings. The van der Waals surface area contributed by atoms with Gasteiger partial charge in [0.15, 0.2) is 0 Å². The van der Waals surface area contributed by atoms with Crippen molar-refractivity contribution in [2.24, 2.45) is 0 Å². The largest absolute Gasteiger partial charge is 0.300 e. The fourth-order valence-electron chi connectivity index (χ4n) is 1.48. The highest BCUT2D eigenvalue weighted by atomic mass is 16.1. The van der Waals surface area contributed by atoms with Crippen molar-refractivity contribution in [3.05, 3.63) is 41.5 Å². The molecule has 0 aliphatic carbocycles. The fraction of sp³-hybridized carbons (Fsp3) is 0.357. The summed E-state index contributed by atoms with van der Waals surface area (Å²) in [5, 5.41) is 0. The van der Waals surface area contributed by atoms with Crippen molar-refractivity contribution in [1.29, 1.82) is 0 Å². The third-order valence-corrected chi connectivity index (χ3v) is 2.17. The predicted molar refractivity (Wildman–Crippen MR) is 64.8 cm³/mol. The Morgan fingerprint density at radius 1 is 1.40 bits per heavy atom. The number of rotatable bonds is 5. The molecule has 0 N–H and O–H groups in total. The smallest absolute Gasteiger partial charge is 0.134 e. The average Bonchev–Trinajstić information content (AvgIpc) is 2.18. The Hall–Kier alpha value is -1.37.